The van der Waals surface area contributed by atoms with Crippen LogP contribution in [0.25, 0.3) is 0 Å². The van der Waals surface area contributed by atoms with Gasteiger partial charge in [0.1, 0.15) is 5.84 Å². The van der Waals surface area contributed by atoms with E-state index in [0.29, 0.717) is 5.84 Å². The lowest BCUT2D eigenvalue weighted by atomic mass is 9.86. The van der Waals surface area contributed by atoms with E-state index in [0.717, 1.165) is 25.9 Å². The fourth-order valence-corrected chi connectivity index (χ4v) is 1.10. The minimum Gasteiger partial charge on any atom is -0.409 e. The van der Waals surface area contributed by atoms with E-state index in [2.05, 4.69) is 17.4 Å². The van der Waals surface area contributed by atoms with Crippen molar-refractivity contribution in [1.82, 2.24) is 5.32 Å². The van der Waals surface area contributed by atoms with Gasteiger partial charge in [-0.1, -0.05) is 25.9 Å². The van der Waals surface area contributed by atoms with Crippen molar-refractivity contribution in [2.24, 2.45) is 16.3 Å². The first kappa shape index (κ1) is 12.2. The number of nitrogens with two attached hydrogens (primary N) is 1. The lowest BCUT2D eigenvalue weighted by Gasteiger charge is -2.22. The quantitative estimate of drug-likeness (QED) is 0.192. The predicted molar refractivity (Wildman–Crippen MR) is 55.0 cm³/mol. The molecule has 0 radical (unpaired) electrons. The van der Waals surface area contributed by atoms with Crippen molar-refractivity contribution in [2.45, 2.75) is 33.6 Å². The summed E-state index contributed by atoms with van der Waals surface area (Å²) in [5.41, 5.74) is 5.34. The van der Waals surface area contributed by atoms with Crippen LogP contribution in [0.2, 0.25) is 0 Å². The maximum atomic E-state index is 8.52. The normalized spacial score (nSPS) is 13.3. The maximum Gasteiger partial charge on any atom is 0.144 e. The number of oxime groups is 1. The van der Waals surface area contributed by atoms with Crippen molar-refractivity contribution in [1.29, 1.82) is 0 Å². The summed E-state index contributed by atoms with van der Waals surface area (Å²) < 4.78 is 0. The van der Waals surface area contributed by atoms with Crippen LogP contribution >= 0.6 is 0 Å². The summed E-state index contributed by atoms with van der Waals surface area (Å²) in [6.07, 6.45) is 1.97. The molecule has 0 aliphatic rings. The highest BCUT2D eigenvalue weighted by Crippen LogP contribution is 2.21. The van der Waals surface area contributed by atoms with Crippen LogP contribution in [-0.2, 0) is 0 Å². The van der Waals surface area contributed by atoms with Crippen molar-refractivity contribution in [3.63, 3.8) is 0 Å². The first-order valence-electron chi connectivity index (χ1n) is 4.73. The van der Waals surface area contributed by atoms with E-state index in [-0.39, 0.29) is 5.41 Å². The van der Waals surface area contributed by atoms with Crippen molar-refractivity contribution in [3.8, 4) is 0 Å². The monoisotopic (exact) mass is 187 g/mol. The summed E-state index contributed by atoms with van der Waals surface area (Å²) in [6, 6.07) is 0. The van der Waals surface area contributed by atoms with Gasteiger partial charge in [0.15, 0.2) is 0 Å². The molecule has 4 heteroatoms. The van der Waals surface area contributed by atoms with Gasteiger partial charge in [-0.3, -0.25) is 0 Å². The molecule has 0 heterocycles. The maximum absolute atomic E-state index is 8.52. The van der Waals surface area contributed by atoms with E-state index in [9.17, 15) is 0 Å². The predicted octanol–water partition coefficient (Wildman–Crippen LogP) is 1.15. The molecule has 4 nitrogen and oxygen atoms in total. The van der Waals surface area contributed by atoms with E-state index in [4.69, 9.17) is 10.9 Å². The van der Waals surface area contributed by atoms with Gasteiger partial charge in [-0.15, -0.1) is 0 Å². The molecule has 0 atom stereocenters. The second kappa shape index (κ2) is 5.80. The van der Waals surface area contributed by atoms with Gasteiger partial charge in [0, 0.05) is 5.41 Å². The molecule has 0 aromatic heterocycles. The lowest BCUT2D eigenvalue weighted by Crippen LogP contribution is -2.32. The van der Waals surface area contributed by atoms with Crippen LogP contribution in [0.15, 0.2) is 5.16 Å². The van der Waals surface area contributed by atoms with E-state index < -0.39 is 0 Å². The molecule has 0 saturated carbocycles. The summed E-state index contributed by atoms with van der Waals surface area (Å²) in [4.78, 5) is 0. The average molecular weight is 187 g/mol. The lowest BCUT2D eigenvalue weighted by molar-refractivity contribution is 0.304. The summed E-state index contributed by atoms with van der Waals surface area (Å²) >= 11 is 0. The summed E-state index contributed by atoms with van der Waals surface area (Å²) in [6.45, 7) is 8.01. The van der Waals surface area contributed by atoms with Gasteiger partial charge in [-0.2, -0.15) is 0 Å². The zero-order valence-electron chi connectivity index (χ0n) is 8.80. The zero-order valence-corrected chi connectivity index (χ0v) is 8.80. The second-order valence-corrected chi connectivity index (χ2v) is 3.83. The standard InChI is InChI=1S/C9H21N3O/c1-4-11-7-5-6-9(2,3)8(10)12-13/h11,13H,4-7H2,1-3H3,(H2,10,12). The number of nitrogens with one attached hydrogen (secondary N) is 1. The fraction of sp³-hybridized carbons (Fsp3) is 0.889. The van der Waals surface area contributed by atoms with E-state index in [1.165, 1.54) is 0 Å². The van der Waals surface area contributed by atoms with Crippen molar-refractivity contribution < 1.29 is 5.21 Å². The average Bonchev–Trinajstić information content (AvgIpc) is 2.11. The smallest absolute Gasteiger partial charge is 0.144 e. The first-order chi connectivity index (χ1) is 6.04. The van der Waals surface area contributed by atoms with E-state index in [1.54, 1.807) is 0 Å². The van der Waals surface area contributed by atoms with E-state index >= 15 is 0 Å². The molecule has 0 aliphatic carbocycles. The number of rotatable bonds is 6. The minimum absolute atomic E-state index is 0.204. The third kappa shape index (κ3) is 4.72. The van der Waals surface area contributed by atoms with Crippen LogP contribution < -0.4 is 11.1 Å². The van der Waals surface area contributed by atoms with Crippen LogP contribution in [0.4, 0.5) is 0 Å². The fourth-order valence-electron chi connectivity index (χ4n) is 1.10. The first-order valence-corrected chi connectivity index (χ1v) is 4.73. The van der Waals surface area contributed by atoms with Gasteiger partial charge in [-0.25, -0.2) is 0 Å². The van der Waals surface area contributed by atoms with Gasteiger partial charge in [0.05, 0.1) is 0 Å². The molecule has 0 spiro atoms. The molecule has 0 aliphatic heterocycles. The van der Waals surface area contributed by atoms with Crippen molar-refractivity contribution >= 4 is 5.84 Å². The molecule has 4 N–H and O–H groups in total. The SMILES string of the molecule is CCNCCCC(C)(C)C(N)=NO. The van der Waals surface area contributed by atoms with Gasteiger partial charge < -0.3 is 16.3 Å². The Morgan fingerprint density at radius 3 is 2.62 bits per heavy atom. The molecule has 0 bridgehead atoms. The van der Waals surface area contributed by atoms with Crippen LogP contribution in [-0.4, -0.2) is 24.1 Å². The molecule has 0 aromatic rings. The zero-order chi connectivity index (χ0) is 10.3. The van der Waals surface area contributed by atoms with Gasteiger partial charge in [0.25, 0.3) is 0 Å². The summed E-state index contributed by atoms with van der Waals surface area (Å²) in [5, 5.41) is 14.8. The van der Waals surface area contributed by atoms with Crippen molar-refractivity contribution in [3.05, 3.63) is 0 Å². The largest absolute Gasteiger partial charge is 0.409 e. The number of nitrogens with zero attached hydrogens (tertiary/aromatic N) is 1. The molecular weight excluding hydrogens is 166 g/mol. The molecule has 78 valence electrons. The number of amidine groups is 1. The van der Waals surface area contributed by atoms with Crippen LogP contribution in [0, 0.1) is 5.41 Å². The highest BCUT2D eigenvalue weighted by Gasteiger charge is 2.22. The Morgan fingerprint density at radius 1 is 1.54 bits per heavy atom. The summed E-state index contributed by atoms with van der Waals surface area (Å²) in [7, 11) is 0. The highest BCUT2D eigenvalue weighted by atomic mass is 16.4. The third-order valence-electron chi connectivity index (χ3n) is 2.21. The molecule has 0 unspecified atom stereocenters. The topological polar surface area (TPSA) is 70.6 Å². The Balaban J connectivity index is 3.76. The molecule has 13 heavy (non-hydrogen) atoms. The highest BCUT2D eigenvalue weighted by molar-refractivity contribution is 5.85. The number of hydrogen-bond donors (Lipinski definition) is 3. The molecular formula is C9H21N3O. The van der Waals surface area contributed by atoms with Gasteiger partial charge in [-0.05, 0) is 25.9 Å². The van der Waals surface area contributed by atoms with Gasteiger partial charge in [0.2, 0.25) is 0 Å². The Bertz CT molecular complexity index is 166. The van der Waals surface area contributed by atoms with Crippen molar-refractivity contribution in [2.75, 3.05) is 13.1 Å². The minimum atomic E-state index is -0.204. The molecule has 0 rings (SSSR count). The Hall–Kier alpha value is -0.770. The van der Waals surface area contributed by atoms with Crippen LogP contribution in [0.3, 0.4) is 0 Å². The summed E-state index contributed by atoms with van der Waals surface area (Å²) in [5.74, 6) is 0.309. The molecule has 0 fully saturated rings. The Morgan fingerprint density at radius 2 is 2.15 bits per heavy atom. The second-order valence-electron chi connectivity index (χ2n) is 3.83. The molecule has 0 amide bonds. The Labute approximate surface area is 80.2 Å². The van der Waals surface area contributed by atoms with Crippen LogP contribution in [0.5, 0.6) is 0 Å². The number of hydrogen-bond acceptors (Lipinski definition) is 3. The Kier molecular flexibility index (Phi) is 5.46. The van der Waals surface area contributed by atoms with E-state index in [1.807, 2.05) is 13.8 Å². The third-order valence-corrected chi connectivity index (χ3v) is 2.21. The van der Waals surface area contributed by atoms with Crippen LogP contribution in [0.1, 0.15) is 33.6 Å². The molecule has 0 saturated heterocycles. The molecule has 0 aromatic carbocycles. The van der Waals surface area contributed by atoms with Gasteiger partial charge >= 0.3 is 0 Å².